The van der Waals surface area contributed by atoms with Gasteiger partial charge in [0.05, 0.1) is 12.9 Å². The van der Waals surface area contributed by atoms with Gasteiger partial charge in [0, 0.05) is 38.7 Å². The van der Waals surface area contributed by atoms with Gasteiger partial charge in [-0.25, -0.2) is 9.97 Å². The van der Waals surface area contributed by atoms with E-state index in [2.05, 4.69) is 9.97 Å². The second kappa shape index (κ2) is 6.37. The van der Waals surface area contributed by atoms with Crippen LogP contribution in [0.25, 0.3) is 0 Å². The first kappa shape index (κ1) is 15.5. The lowest BCUT2D eigenvalue weighted by atomic mass is 10.0. The van der Waals surface area contributed by atoms with Crippen LogP contribution in [0.4, 0.5) is 5.82 Å². The van der Waals surface area contributed by atoms with E-state index in [0.717, 1.165) is 12.4 Å². The van der Waals surface area contributed by atoms with E-state index in [1.807, 2.05) is 23.1 Å². The zero-order chi connectivity index (χ0) is 16.3. The van der Waals surface area contributed by atoms with Crippen molar-refractivity contribution in [2.75, 3.05) is 31.6 Å². The highest BCUT2D eigenvalue weighted by molar-refractivity contribution is 5.75. The topological polar surface area (TPSA) is 74.5 Å². The third kappa shape index (κ3) is 3.68. The summed E-state index contributed by atoms with van der Waals surface area (Å²) in [5, 5.41) is 10.8. The van der Waals surface area contributed by atoms with Crippen LogP contribution in [0.5, 0.6) is 0 Å². The number of pyridine rings is 1. The Morgan fingerprint density at radius 3 is 3.00 bits per heavy atom. The molecule has 0 spiro atoms. The van der Waals surface area contributed by atoms with E-state index in [1.54, 1.807) is 41.4 Å². The van der Waals surface area contributed by atoms with Gasteiger partial charge in [-0.05, 0) is 18.6 Å². The predicted molar refractivity (Wildman–Crippen MR) is 85.9 cm³/mol. The van der Waals surface area contributed by atoms with Crippen LogP contribution in [0.3, 0.4) is 0 Å². The molecule has 3 rings (SSSR count). The minimum atomic E-state index is -0.906. The Morgan fingerprint density at radius 2 is 2.30 bits per heavy atom. The third-order valence-electron chi connectivity index (χ3n) is 4.14. The molecule has 7 nitrogen and oxygen atoms in total. The molecule has 0 saturated carbocycles. The first-order chi connectivity index (χ1) is 11.1. The van der Waals surface area contributed by atoms with E-state index in [4.69, 9.17) is 0 Å². The molecule has 122 valence electrons. The van der Waals surface area contributed by atoms with Gasteiger partial charge in [0.15, 0.2) is 0 Å². The lowest BCUT2D eigenvalue weighted by Gasteiger charge is -2.29. The fourth-order valence-corrected chi connectivity index (χ4v) is 2.91. The number of likely N-dealkylation sites (N-methyl/N-ethyl adjacent to an activating group) is 1. The van der Waals surface area contributed by atoms with E-state index in [1.165, 1.54) is 0 Å². The summed E-state index contributed by atoms with van der Waals surface area (Å²) in [5.74, 6) is 0.809. The van der Waals surface area contributed by atoms with Gasteiger partial charge < -0.3 is 19.5 Å². The normalized spacial score (nSPS) is 20.7. The number of carbonyl (C=O) groups excluding carboxylic acids is 1. The van der Waals surface area contributed by atoms with Crippen molar-refractivity contribution in [3.63, 3.8) is 0 Å². The third-order valence-corrected chi connectivity index (χ3v) is 4.14. The van der Waals surface area contributed by atoms with Gasteiger partial charge in [0.25, 0.3) is 0 Å². The number of anilines is 1. The predicted octanol–water partition coefficient (Wildman–Crippen LogP) is 0.378. The zero-order valence-electron chi connectivity index (χ0n) is 13.2. The summed E-state index contributed by atoms with van der Waals surface area (Å²) < 4.78 is 1.72. The van der Waals surface area contributed by atoms with Crippen molar-refractivity contribution < 1.29 is 9.90 Å². The lowest BCUT2D eigenvalue weighted by Crippen LogP contribution is -2.46. The molecule has 1 aliphatic heterocycles. The van der Waals surface area contributed by atoms with Crippen molar-refractivity contribution in [2.24, 2.45) is 0 Å². The lowest BCUT2D eigenvalue weighted by molar-refractivity contribution is -0.133. The molecule has 1 N–H and O–H groups in total. The van der Waals surface area contributed by atoms with Crippen molar-refractivity contribution in [2.45, 2.75) is 18.6 Å². The van der Waals surface area contributed by atoms with Crippen LogP contribution in [0.2, 0.25) is 0 Å². The van der Waals surface area contributed by atoms with Crippen molar-refractivity contribution >= 4 is 11.7 Å². The number of carbonyl (C=O) groups is 1. The maximum atomic E-state index is 12.2. The van der Waals surface area contributed by atoms with Gasteiger partial charge in [0.2, 0.25) is 5.91 Å². The molecule has 2 aromatic heterocycles. The SMILES string of the molecule is CN(C[C@]1(O)CCN(c2ccccn2)C1)C(=O)Cn1ccnc1. The average Bonchev–Trinajstić information content (AvgIpc) is 3.18. The number of hydrogen-bond acceptors (Lipinski definition) is 5. The molecule has 0 radical (unpaired) electrons. The fourth-order valence-electron chi connectivity index (χ4n) is 2.91. The van der Waals surface area contributed by atoms with Gasteiger partial charge in [0.1, 0.15) is 18.0 Å². The second-order valence-electron chi connectivity index (χ2n) is 6.07. The molecule has 1 fully saturated rings. The fraction of sp³-hybridized carbons (Fsp3) is 0.438. The Morgan fingerprint density at radius 1 is 1.43 bits per heavy atom. The first-order valence-corrected chi connectivity index (χ1v) is 7.64. The number of nitrogens with zero attached hydrogens (tertiary/aromatic N) is 5. The van der Waals surface area contributed by atoms with Crippen LogP contribution in [-0.4, -0.2) is 62.7 Å². The highest BCUT2D eigenvalue weighted by Crippen LogP contribution is 2.26. The van der Waals surface area contributed by atoms with Crippen molar-refractivity contribution in [3.8, 4) is 0 Å². The van der Waals surface area contributed by atoms with E-state index in [-0.39, 0.29) is 12.5 Å². The van der Waals surface area contributed by atoms with E-state index in [9.17, 15) is 9.90 Å². The summed E-state index contributed by atoms with van der Waals surface area (Å²) >= 11 is 0. The van der Waals surface area contributed by atoms with Gasteiger partial charge in [-0.2, -0.15) is 0 Å². The summed E-state index contributed by atoms with van der Waals surface area (Å²) in [5.41, 5.74) is -0.906. The Kier molecular flexibility index (Phi) is 4.29. The number of aromatic nitrogens is 3. The number of aliphatic hydroxyl groups is 1. The van der Waals surface area contributed by atoms with Crippen LogP contribution < -0.4 is 4.90 Å². The number of hydrogen-bond donors (Lipinski definition) is 1. The largest absolute Gasteiger partial charge is 0.386 e. The second-order valence-corrected chi connectivity index (χ2v) is 6.07. The Labute approximate surface area is 135 Å². The van der Waals surface area contributed by atoms with Crippen LogP contribution in [-0.2, 0) is 11.3 Å². The monoisotopic (exact) mass is 315 g/mol. The molecular formula is C16H21N5O2. The van der Waals surface area contributed by atoms with Crippen LogP contribution in [0.15, 0.2) is 43.1 Å². The van der Waals surface area contributed by atoms with E-state index in [0.29, 0.717) is 19.5 Å². The summed E-state index contributed by atoms with van der Waals surface area (Å²) in [7, 11) is 1.72. The smallest absolute Gasteiger partial charge is 0.242 e. The number of rotatable bonds is 5. The molecule has 1 atom stereocenters. The van der Waals surface area contributed by atoms with Crippen molar-refractivity contribution in [1.29, 1.82) is 0 Å². The maximum absolute atomic E-state index is 12.2. The van der Waals surface area contributed by atoms with Gasteiger partial charge in [-0.3, -0.25) is 4.79 Å². The van der Waals surface area contributed by atoms with Gasteiger partial charge >= 0.3 is 0 Å². The minimum Gasteiger partial charge on any atom is -0.386 e. The van der Waals surface area contributed by atoms with Gasteiger partial charge in [-0.1, -0.05) is 6.07 Å². The molecule has 1 aliphatic rings. The Balaban J connectivity index is 1.58. The molecule has 3 heterocycles. The maximum Gasteiger partial charge on any atom is 0.242 e. The molecule has 0 aromatic carbocycles. The summed E-state index contributed by atoms with van der Waals surface area (Å²) in [6, 6.07) is 5.73. The quantitative estimate of drug-likeness (QED) is 0.863. The molecule has 0 bridgehead atoms. The number of imidazole rings is 1. The minimum absolute atomic E-state index is 0.0484. The Hall–Kier alpha value is -2.41. The molecule has 1 amide bonds. The van der Waals surface area contributed by atoms with Crippen molar-refractivity contribution in [1.82, 2.24) is 19.4 Å². The van der Waals surface area contributed by atoms with Gasteiger partial charge in [-0.15, -0.1) is 0 Å². The summed E-state index contributed by atoms with van der Waals surface area (Å²) in [6.07, 6.45) is 7.36. The molecule has 23 heavy (non-hydrogen) atoms. The summed E-state index contributed by atoms with van der Waals surface area (Å²) in [4.78, 5) is 24.1. The number of amides is 1. The van der Waals surface area contributed by atoms with Crippen LogP contribution in [0, 0.1) is 0 Å². The molecule has 0 unspecified atom stereocenters. The summed E-state index contributed by atoms with van der Waals surface area (Å²) in [6.45, 7) is 1.75. The van der Waals surface area contributed by atoms with Crippen molar-refractivity contribution in [3.05, 3.63) is 43.1 Å². The number of β-amino-alcohol motifs (C(OH)–C–C–N with tert-alkyl or cyclic N) is 1. The molecule has 2 aromatic rings. The molecular weight excluding hydrogens is 294 g/mol. The van der Waals surface area contributed by atoms with E-state index >= 15 is 0 Å². The average molecular weight is 315 g/mol. The first-order valence-electron chi connectivity index (χ1n) is 7.64. The van der Waals surface area contributed by atoms with Crippen LogP contribution in [0.1, 0.15) is 6.42 Å². The highest BCUT2D eigenvalue weighted by Gasteiger charge is 2.38. The zero-order valence-corrected chi connectivity index (χ0v) is 13.2. The molecule has 1 saturated heterocycles. The highest BCUT2D eigenvalue weighted by atomic mass is 16.3. The Bertz CT molecular complexity index is 646. The van der Waals surface area contributed by atoms with Crippen LogP contribution >= 0.6 is 0 Å². The molecule has 0 aliphatic carbocycles. The standard InChI is InChI=1S/C16H21N5O2/c1-19(15(22)10-20-9-7-17-13-20)11-16(23)5-8-21(12-16)14-4-2-3-6-18-14/h2-4,6-7,9,13,23H,5,8,10-12H2,1H3/t16-/m1/s1. The van der Waals surface area contributed by atoms with E-state index < -0.39 is 5.60 Å². The molecule has 7 heteroatoms.